The molecule has 8 heteroatoms. The second-order valence-electron chi connectivity index (χ2n) is 7.86. The summed E-state index contributed by atoms with van der Waals surface area (Å²) in [6.07, 6.45) is 0.590. The van der Waals surface area contributed by atoms with Crippen LogP contribution < -0.4 is 0 Å². The maximum Gasteiger partial charge on any atom is 0.321 e. The summed E-state index contributed by atoms with van der Waals surface area (Å²) in [5.41, 5.74) is 1.40. The highest BCUT2D eigenvalue weighted by molar-refractivity contribution is 6.00. The van der Waals surface area contributed by atoms with Crippen LogP contribution in [0.3, 0.4) is 0 Å². The van der Waals surface area contributed by atoms with Gasteiger partial charge in [-0.1, -0.05) is 74.5 Å². The van der Waals surface area contributed by atoms with Gasteiger partial charge in [0.1, 0.15) is 13.2 Å². The van der Waals surface area contributed by atoms with Crippen molar-refractivity contribution in [1.29, 1.82) is 0 Å². The third-order valence-electron chi connectivity index (χ3n) is 4.96. The standard InChI is InChI=1S/C27H32O8/c1-3-15-32-23(28)17-22(25(29)33-16-4-2)24(26(30)34-18-20-11-7-5-8-12-20)27(31)35-19-21-13-9-6-10-14-21/h5-14,22,24H,3-4,15-19H2,1-2H3. The fourth-order valence-corrected chi connectivity index (χ4v) is 3.16. The number of carbonyl (C=O) groups is 4. The monoisotopic (exact) mass is 484 g/mol. The van der Waals surface area contributed by atoms with Crippen molar-refractivity contribution in [2.45, 2.75) is 46.3 Å². The summed E-state index contributed by atoms with van der Waals surface area (Å²) >= 11 is 0. The van der Waals surface area contributed by atoms with Crippen LogP contribution in [0, 0.1) is 11.8 Å². The van der Waals surface area contributed by atoms with E-state index in [9.17, 15) is 19.2 Å². The molecular weight excluding hydrogens is 452 g/mol. The predicted molar refractivity (Wildman–Crippen MR) is 127 cm³/mol. The zero-order valence-electron chi connectivity index (χ0n) is 20.1. The van der Waals surface area contributed by atoms with Crippen LogP contribution in [0.5, 0.6) is 0 Å². The number of ether oxygens (including phenoxy) is 4. The van der Waals surface area contributed by atoms with Crippen molar-refractivity contribution in [3.05, 3.63) is 71.8 Å². The molecule has 1 unspecified atom stereocenters. The number of hydrogen-bond acceptors (Lipinski definition) is 8. The van der Waals surface area contributed by atoms with E-state index in [2.05, 4.69) is 0 Å². The predicted octanol–water partition coefficient (Wildman–Crippen LogP) is 4.00. The Morgan fingerprint density at radius 3 is 1.54 bits per heavy atom. The Labute approximate surface area is 205 Å². The van der Waals surface area contributed by atoms with Crippen LogP contribution in [0.4, 0.5) is 0 Å². The second kappa shape index (κ2) is 15.3. The molecule has 0 heterocycles. The fraction of sp³-hybridized carbons (Fsp3) is 0.407. The van der Waals surface area contributed by atoms with E-state index in [1.54, 1.807) is 55.5 Å². The molecule has 0 saturated heterocycles. The van der Waals surface area contributed by atoms with Crippen molar-refractivity contribution in [3.8, 4) is 0 Å². The highest BCUT2D eigenvalue weighted by Gasteiger charge is 2.44. The lowest BCUT2D eigenvalue weighted by Gasteiger charge is -2.23. The van der Waals surface area contributed by atoms with Crippen molar-refractivity contribution < 1.29 is 38.1 Å². The molecule has 8 nitrogen and oxygen atoms in total. The van der Waals surface area contributed by atoms with Gasteiger partial charge in [-0.05, 0) is 24.0 Å². The molecule has 0 amide bonds. The van der Waals surface area contributed by atoms with E-state index in [0.717, 1.165) is 0 Å². The van der Waals surface area contributed by atoms with Gasteiger partial charge in [-0.15, -0.1) is 0 Å². The summed E-state index contributed by atoms with van der Waals surface area (Å²) in [4.78, 5) is 51.4. The van der Waals surface area contributed by atoms with Crippen LogP contribution in [0.25, 0.3) is 0 Å². The summed E-state index contributed by atoms with van der Waals surface area (Å²) < 4.78 is 21.0. The number of esters is 4. The first-order chi connectivity index (χ1) is 17.0. The summed E-state index contributed by atoms with van der Waals surface area (Å²) in [6, 6.07) is 17.8. The quantitative estimate of drug-likeness (QED) is 0.225. The molecule has 188 valence electrons. The van der Waals surface area contributed by atoms with E-state index in [4.69, 9.17) is 18.9 Å². The second-order valence-corrected chi connectivity index (χ2v) is 7.86. The lowest BCUT2D eigenvalue weighted by molar-refractivity contribution is -0.174. The fourth-order valence-electron chi connectivity index (χ4n) is 3.16. The lowest BCUT2D eigenvalue weighted by atomic mass is 9.89. The maximum absolute atomic E-state index is 13.1. The Balaban J connectivity index is 2.26. The largest absolute Gasteiger partial charge is 0.466 e. The molecule has 0 aliphatic rings. The molecule has 0 radical (unpaired) electrons. The summed E-state index contributed by atoms with van der Waals surface area (Å²) in [6.45, 7) is 3.63. The van der Waals surface area contributed by atoms with E-state index in [1.807, 2.05) is 19.1 Å². The minimum atomic E-state index is -1.69. The Kier molecular flexibility index (Phi) is 12.0. The van der Waals surface area contributed by atoms with E-state index in [1.165, 1.54) is 0 Å². The minimum Gasteiger partial charge on any atom is -0.466 e. The van der Waals surface area contributed by atoms with Crippen LogP contribution in [0.15, 0.2) is 60.7 Å². The van der Waals surface area contributed by atoms with Crippen LogP contribution in [0.1, 0.15) is 44.2 Å². The SMILES string of the molecule is CCCOC(=O)CC(C(=O)OCCC)C(C(=O)OCc1ccccc1)C(=O)OCc1ccccc1. The highest BCUT2D eigenvalue weighted by atomic mass is 16.6. The Hall–Kier alpha value is -3.68. The molecule has 0 bridgehead atoms. The topological polar surface area (TPSA) is 105 Å². The van der Waals surface area contributed by atoms with E-state index < -0.39 is 42.1 Å². The van der Waals surface area contributed by atoms with E-state index in [0.29, 0.717) is 24.0 Å². The molecule has 35 heavy (non-hydrogen) atoms. The smallest absolute Gasteiger partial charge is 0.321 e. The van der Waals surface area contributed by atoms with Gasteiger partial charge in [0, 0.05) is 0 Å². The first-order valence-electron chi connectivity index (χ1n) is 11.7. The molecule has 0 aromatic heterocycles. The molecule has 2 aromatic rings. The molecule has 2 aromatic carbocycles. The van der Waals surface area contributed by atoms with Gasteiger partial charge in [0.05, 0.1) is 25.6 Å². The number of benzene rings is 2. The first-order valence-corrected chi connectivity index (χ1v) is 11.7. The molecule has 0 fully saturated rings. The minimum absolute atomic E-state index is 0.0736. The number of rotatable bonds is 14. The average molecular weight is 485 g/mol. The Morgan fingerprint density at radius 2 is 1.09 bits per heavy atom. The Bertz CT molecular complexity index is 887. The normalized spacial score (nSPS) is 11.4. The van der Waals surface area contributed by atoms with Gasteiger partial charge in [-0.25, -0.2) is 0 Å². The molecule has 0 aliphatic carbocycles. The van der Waals surface area contributed by atoms with Gasteiger partial charge in [-0.3, -0.25) is 19.2 Å². The highest BCUT2D eigenvalue weighted by Crippen LogP contribution is 2.24. The van der Waals surface area contributed by atoms with Crippen LogP contribution >= 0.6 is 0 Å². The summed E-state index contributed by atoms with van der Waals surface area (Å²) in [5.74, 6) is -6.68. The molecule has 0 saturated carbocycles. The number of carbonyl (C=O) groups excluding carboxylic acids is 4. The van der Waals surface area contributed by atoms with Gasteiger partial charge >= 0.3 is 23.9 Å². The summed E-state index contributed by atoms with van der Waals surface area (Å²) in [7, 11) is 0. The van der Waals surface area contributed by atoms with Gasteiger partial charge < -0.3 is 18.9 Å². The van der Waals surface area contributed by atoms with Crippen molar-refractivity contribution in [2.24, 2.45) is 11.8 Å². The van der Waals surface area contributed by atoms with E-state index in [-0.39, 0.29) is 26.4 Å². The molecule has 1 atom stereocenters. The van der Waals surface area contributed by atoms with Gasteiger partial charge in [0.15, 0.2) is 5.92 Å². The first kappa shape index (κ1) is 27.6. The average Bonchev–Trinajstić information content (AvgIpc) is 2.88. The van der Waals surface area contributed by atoms with Crippen molar-refractivity contribution >= 4 is 23.9 Å². The van der Waals surface area contributed by atoms with Crippen LogP contribution in [0.2, 0.25) is 0 Å². The summed E-state index contributed by atoms with van der Waals surface area (Å²) in [5, 5.41) is 0. The van der Waals surface area contributed by atoms with Crippen LogP contribution in [-0.2, 0) is 51.3 Å². The van der Waals surface area contributed by atoms with Crippen molar-refractivity contribution in [3.63, 3.8) is 0 Å². The molecule has 0 spiro atoms. The van der Waals surface area contributed by atoms with Gasteiger partial charge in [0.25, 0.3) is 0 Å². The van der Waals surface area contributed by atoms with Crippen molar-refractivity contribution in [2.75, 3.05) is 13.2 Å². The molecule has 0 N–H and O–H groups in total. The zero-order valence-corrected chi connectivity index (χ0v) is 20.1. The van der Waals surface area contributed by atoms with Crippen LogP contribution in [-0.4, -0.2) is 37.1 Å². The molecule has 0 aliphatic heterocycles. The third-order valence-corrected chi connectivity index (χ3v) is 4.96. The molecular formula is C27H32O8. The van der Waals surface area contributed by atoms with Gasteiger partial charge in [0.2, 0.25) is 0 Å². The van der Waals surface area contributed by atoms with Gasteiger partial charge in [-0.2, -0.15) is 0 Å². The zero-order chi connectivity index (χ0) is 25.5. The molecule has 2 rings (SSSR count). The Morgan fingerprint density at radius 1 is 0.629 bits per heavy atom. The lowest BCUT2D eigenvalue weighted by Crippen LogP contribution is -2.40. The number of hydrogen-bond donors (Lipinski definition) is 0. The maximum atomic E-state index is 13.1. The van der Waals surface area contributed by atoms with E-state index >= 15 is 0 Å². The van der Waals surface area contributed by atoms with Crippen molar-refractivity contribution in [1.82, 2.24) is 0 Å². The third kappa shape index (κ3) is 9.60.